The lowest BCUT2D eigenvalue weighted by Crippen LogP contribution is -2.45. The molecule has 1 saturated heterocycles. The number of benzene rings is 1. The van der Waals surface area contributed by atoms with Gasteiger partial charge in [0.05, 0.1) is 17.7 Å². The summed E-state index contributed by atoms with van der Waals surface area (Å²) in [7, 11) is 1.40. The molecule has 1 amide bonds. The fourth-order valence-electron chi connectivity index (χ4n) is 2.90. The van der Waals surface area contributed by atoms with Crippen LogP contribution in [0.1, 0.15) is 25.7 Å². The van der Waals surface area contributed by atoms with Gasteiger partial charge in [-0.1, -0.05) is 6.42 Å². The van der Waals surface area contributed by atoms with Crippen LogP contribution in [-0.2, 0) is 9.59 Å². The summed E-state index contributed by atoms with van der Waals surface area (Å²) in [5, 5.41) is 22.7. The first-order chi connectivity index (χ1) is 11.9. The number of piperidine rings is 1. The molecule has 1 aliphatic rings. The number of non-ortho nitro benzene ring substituents is 1. The maximum Gasteiger partial charge on any atom is 0.320 e. The van der Waals surface area contributed by atoms with E-state index in [1.54, 1.807) is 4.90 Å². The molecule has 1 aliphatic heterocycles. The fraction of sp³-hybridized carbons (Fsp3) is 0.500. The minimum absolute atomic E-state index is 0.0929. The van der Waals surface area contributed by atoms with Crippen LogP contribution in [0.4, 0.5) is 11.4 Å². The SMILES string of the molecule is COc1ccc([N+](=O)[O-])cc1NC(=O)CCN1CCCCC1C(=O)O. The van der Waals surface area contributed by atoms with Gasteiger partial charge in [0.25, 0.3) is 5.69 Å². The molecule has 2 N–H and O–H groups in total. The Bertz CT molecular complexity index is 663. The summed E-state index contributed by atoms with van der Waals surface area (Å²) in [5.41, 5.74) is 0.0631. The first kappa shape index (κ1) is 18.7. The average Bonchev–Trinajstić information content (AvgIpc) is 2.60. The number of carboxylic acid groups (broad SMARTS) is 1. The van der Waals surface area contributed by atoms with Crippen LogP contribution in [0.5, 0.6) is 5.75 Å². The molecule has 1 unspecified atom stereocenters. The van der Waals surface area contributed by atoms with Crippen molar-refractivity contribution < 1.29 is 24.4 Å². The van der Waals surface area contributed by atoms with Gasteiger partial charge in [-0.15, -0.1) is 0 Å². The van der Waals surface area contributed by atoms with Crippen LogP contribution in [0.15, 0.2) is 18.2 Å². The highest BCUT2D eigenvalue weighted by molar-refractivity contribution is 5.92. The number of aliphatic carboxylic acids is 1. The topological polar surface area (TPSA) is 122 Å². The number of ether oxygens (including phenoxy) is 1. The van der Waals surface area contributed by atoms with Crippen molar-refractivity contribution in [1.82, 2.24) is 4.90 Å². The Hall–Kier alpha value is -2.68. The molecule has 9 heteroatoms. The quantitative estimate of drug-likeness (QED) is 0.568. The van der Waals surface area contributed by atoms with E-state index in [2.05, 4.69) is 5.32 Å². The number of carbonyl (C=O) groups excluding carboxylic acids is 1. The minimum Gasteiger partial charge on any atom is -0.495 e. The van der Waals surface area contributed by atoms with Crippen molar-refractivity contribution in [2.24, 2.45) is 0 Å². The highest BCUT2D eigenvalue weighted by Crippen LogP contribution is 2.29. The Morgan fingerprint density at radius 3 is 2.84 bits per heavy atom. The summed E-state index contributed by atoms with van der Waals surface area (Å²) in [5.74, 6) is -0.908. The number of nitrogens with one attached hydrogen (secondary N) is 1. The normalized spacial score (nSPS) is 17.7. The standard InChI is InChI=1S/C16H21N3O6/c1-25-14-6-5-11(19(23)24)10-12(14)17-15(20)7-9-18-8-3-2-4-13(18)16(21)22/h5-6,10,13H,2-4,7-9H2,1H3,(H,17,20)(H,21,22). The van der Waals surface area contributed by atoms with Gasteiger partial charge in [-0.25, -0.2) is 0 Å². The highest BCUT2D eigenvalue weighted by atomic mass is 16.6. The maximum absolute atomic E-state index is 12.2. The highest BCUT2D eigenvalue weighted by Gasteiger charge is 2.28. The van der Waals surface area contributed by atoms with Crippen LogP contribution >= 0.6 is 0 Å². The Morgan fingerprint density at radius 2 is 2.20 bits per heavy atom. The van der Waals surface area contributed by atoms with Crippen molar-refractivity contribution in [2.75, 3.05) is 25.5 Å². The monoisotopic (exact) mass is 351 g/mol. The molecule has 0 saturated carbocycles. The molecule has 0 aromatic heterocycles. The summed E-state index contributed by atoms with van der Waals surface area (Å²) in [6, 6.07) is 3.38. The van der Waals surface area contributed by atoms with E-state index in [4.69, 9.17) is 4.74 Å². The number of hydrogen-bond donors (Lipinski definition) is 2. The van der Waals surface area contributed by atoms with Crippen molar-refractivity contribution in [3.8, 4) is 5.75 Å². The molecule has 0 bridgehead atoms. The fourth-order valence-corrected chi connectivity index (χ4v) is 2.90. The number of nitro groups is 1. The second-order valence-corrected chi connectivity index (χ2v) is 5.83. The second kappa shape index (κ2) is 8.43. The molecule has 0 aliphatic carbocycles. The van der Waals surface area contributed by atoms with Gasteiger partial charge < -0.3 is 15.2 Å². The molecule has 9 nitrogen and oxygen atoms in total. The molecule has 136 valence electrons. The molecule has 2 rings (SSSR count). The number of carbonyl (C=O) groups is 2. The minimum atomic E-state index is -0.875. The van der Waals surface area contributed by atoms with Gasteiger partial charge in [-0.2, -0.15) is 0 Å². The van der Waals surface area contributed by atoms with Gasteiger partial charge in [0.1, 0.15) is 11.8 Å². The molecule has 1 heterocycles. The van der Waals surface area contributed by atoms with E-state index in [-0.39, 0.29) is 23.7 Å². The number of amides is 1. The molecule has 0 spiro atoms. The van der Waals surface area contributed by atoms with Gasteiger partial charge in [-0.05, 0) is 25.5 Å². The number of likely N-dealkylation sites (tertiary alicyclic amines) is 1. The zero-order chi connectivity index (χ0) is 18.4. The number of nitro benzene ring substituents is 1. The number of methoxy groups -OCH3 is 1. The Kier molecular flexibility index (Phi) is 6.29. The molecular weight excluding hydrogens is 330 g/mol. The predicted octanol–water partition coefficient (Wildman–Crippen LogP) is 1.87. The van der Waals surface area contributed by atoms with Crippen molar-refractivity contribution >= 4 is 23.3 Å². The predicted molar refractivity (Wildman–Crippen MR) is 89.7 cm³/mol. The zero-order valence-electron chi connectivity index (χ0n) is 13.9. The number of nitrogens with zero attached hydrogens (tertiary/aromatic N) is 2. The smallest absolute Gasteiger partial charge is 0.320 e. The average molecular weight is 351 g/mol. The van der Waals surface area contributed by atoms with E-state index in [1.807, 2.05) is 0 Å². The third-order valence-corrected chi connectivity index (χ3v) is 4.19. The van der Waals surface area contributed by atoms with Crippen LogP contribution in [-0.4, -0.2) is 53.0 Å². The Balaban J connectivity index is 1.99. The third-order valence-electron chi connectivity index (χ3n) is 4.19. The number of anilines is 1. The van der Waals surface area contributed by atoms with Crippen molar-refractivity contribution in [2.45, 2.75) is 31.7 Å². The third kappa shape index (κ3) is 4.90. The largest absolute Gasteiger partial charge is 0.495 e. The van der Waals surface area contributed by atoms with Crippen LogP contribution in [0.3, 0.4) is 0 Å². The number of rotatable bonds is 7. The van der Waals surface area contributed by atoms with Gasteiger partial charge in [0.15, 0.2) is 0 Å². The lowest BCUT2D eigenvalue weighted by molar-refractivity contribution is -0.384. The summed E-state index contributed by atoms with van der Waals surface area (Å²) in [6.45, 7) is 0.963. The van der Waals surface area contributed by atoms with E-state index in [9.17, 15) is 24.8 Å². The van der Waals surface area contributed by atoms with Gasteiger partial charge in [0.2, 0.25) is 5.91 Å². The number of carboxylic acids is 1. The molecule has 1 aromatic rings. The molecule has 1 aromatic carbocycles. The summed E-state index contributed by atoms with van der Waals surface area (Å²) in [6.07, 6.45) is 2.44. The van der Waals surface area contributed by atoms with Crippen LogP contribution < -0.4 is 10.1 Å². The summed E-state index contributed by atoms with van der Waals surface area (Å²) >= 11 is 0. The van der Waals surface area contributed by atoms with E-state index in [1.165, 1.54) is 25.3 Å². The van der Waals surface area contributed by atoms with Crippen molar-refractivity contribution in [3.05, 3.63) is 28.3 Å². The maximum atomic E-state index is 12.2. The van der Waals surface area contributed by atoms with Crippen molar-refractivity contribution in [1.29, 1.82) is 0 Å². The Labute approximate surface area is 144 Å². The van der Waals surface area contributed by atoms with E-state index < -0.39 is 16.9 Å². The van der Waals surface area contributed by atoms with Gasteiger partial charge >= 0.3 is 5.97 Å². The summed E-state index contributed by atoms with van der Waals surface area (Å²) in [4.78, 5) is 35.5. The van der Waals surface area contributed by atoms with Crippen LogP contribution in [0, 0.1) is 10.1 Å². The number of hydrogen-bond acceptors (Lipinski definition) is 6. The molecule has 25 heavy (non-hydrogen) atoms. The van der Waals surface area contributed by atoms with E-state index in [0.717, 1.165) is 12.8 Å². The second-order valence-electron chi connectivity index (χ2n) is 5.83. The lowest BCUT2D eigenvalue weighted by Gasteiger charge is -2.32. The molecule has 1 fully saturated rings. The molecular formula is C16H21N3O6. The van der Waals surface area contributed by atoms with Crippen molar-refractivity contribution in [3.63, 3.8) is 0 Å². The van der Waals surface area contributed by atoms with Gasteiger partial charge in [-0.3, -0.25) is 24.6 Å². The molecule has 1 atom stereocenters. The summed E-state index contributed by atoms with van der Waals surface area (Å²) < 4.78 is 5.10. The van der Waals surface area contributed by atoms with Gasteiger partial charge in [0, 0.05) is 25.1 Å². The molecule has 0 radical (unpaired) electrons. The first-order valence-electron chi connectivity index (χ1n) is 8.01. The van der Waals surface area contributed by atoms with Crippen LogP contribution in [0.25, 0.3) is 0 Å². The Morgan fingerprint density at radius 1 is 1.44 bits per heavy atom. The van der Waals surface area contributed by atoms with Crippen LogP contribution in [0.2, 0.25) is 0 Å². The van der Waals surface area contributed by atoms with E-state index in [0.29, 0.717) is 25.3 Å². The van der Waals surface area contributed by atoms with E-state index >= 15 is 0 Å². The zero-order valence-corrected chi connectivity index (χ0v) is 13.9. The lowest BCUT2D eigenvalue weighted by atomic mass is 10.0. The first-order valence-corrected chi connectivity index (χ1v) is 8.01.